The van der Waals surface area contributed by atoms with Crippen LogP contribution in [-0.2, 0) is 11.2 Å². The van der Waals surface area contributed by atoms with E-state index in [0.29, 0.717) is 21.9 Å². The van der Waals surface area contributed by atoms with Crippen LogP contribution in [0.3, 0.4) is 0 Å². The topological polar surface area (TPSA) is 129 Å². The van der Waals surface area contributed by atoms with Gasteiger partial charge in [-0.3, -0.25) is 19.7 Å². The van der Waals surface area contributed by atoms with Crippen molar-refractivity contribution in [2.24, 2.45) is 0 Å². The standard InChI is InChI=1S/C13H9N3O5/c17-10(18)3-6-5-14-13(19)12-11(6)8-4-7(16(20)21)1-2-9(8)15-12/h1-2,4-5,15H,3H2,(H,14,19)(H,17,18). The molecule has 0 fully saturated rings. The Kier molecular flexibility index (Phi) is 2.72. The van der Waals surface area contributed by atoms with Crippen molar-refractivity contribution in [2.75, 3.05) is 0 Å². The van der Waals surface area contributed by atoms with Gasteiger partial charge in [0.15, 0.2) is 0 Å². The van der Waals surface area contributed by atoms with E-state index >= 15 is 0 Å². The second-order valence-corrected chi connectivity index (χ2v) is 4.58. The molecule has 8 nitrogen and oxygen atoms in total. The third-order valence-corrected chi connectivity index (χ3v) is 3.26. The summed E-state index contributed by atoms with van der Waals surface area (Å²) >= 11 is 0. The second-order valence-electron chi connectivity index (χ2n) is 4.58. The minimum Gasteiger partial charge on any atom is -0.481 e. The van der Waals surface area contributed by atoms with Gasteiger partial charge in [-0.05, 0) is 11.6 Å². The van der Waals surface area contributed by atoms with Crippen LogP contribution < -0.4 is 5.56 Å². The van der Waals surface area contributed by atoms with Crippen LogP contribution in [0.25, 0.3) is 21.8 Å². The van der Waals surface area contributed by atoms with Gasteiger partial charge in [0.25, 0.3) is 11.2 Å². The quantitative estimate of drug-likeness (QED) is 0.497. The Hall–Kier alpha value is -3.16. The number of nitro benzene ring substituents is 1. The number of hydrogen-bond acceptors (Lipinski definition) is 4. The lowest BCUT2D eigenvalue weighted by Gasteiger charge is -2.00. The van der Waals surface area contributed by atoms with E-state index in [1.165, 1.54) is 24.4 Å². The molecule has 1 aromatic carbocycles. The van der Waals surface area contributed by atoms with E-state index in [9.17, 15) is 19.7 Å². The average Bonchev–Trinajstić information content (AvgIpc) is 2.81. The number of carbonyl (C=O) groups is 1. The molecular weight excluding hydrogens is 278 g/mol. The summed E-state index contributed by atoms with van der Waals surface area (Å²) in [5.41, 5.74) is 0.620. The maximum atomic E-state index is 11.8. The first kappa shape index (κ1) is 12.9. The molecule has 3 rings (SSSR count). The van der Waals surface area contributed by atoms with Crippen molar-refractivity contribution < 1.29 is 14.8 Å². The highest BCUT2D eigenvalue weighted by Gasteiger charge is 2.16. The summed E-state index contributed by atoms with van der Waals surface area (Å²) in [7, 11) is 0. The fraction of sp³-hybridized carbons (Fsp3) is 0.0769. The summed E-state index contributed by atoms with van der Waals surface area (Å²) in [5, 5.41) is 20.7. The van der Waals surface area contributed by atoms with Crippen molar-refractivity contribution >= 4 is 33.5 Å². The number of non-ortho nitro benzene ring substituents is 1. The minimum atomic E-state index is -1.05. The number of nitrogens with one attached hydrogen (secondary N) is 2. The van der Waals surface area contributed by atoms with Gasteiger partial charge in [-0.25, -0.2) is 0 Å². The summed E-state index contributed by atoms with van der Waals surface area (Å²) in [6.07, 6.45) is 1.04. The zero-order chi connectivity index (χ0) is 15.1. The first-order valence-corrected chi connectivity index (χ1v) is 5.99. The summed E-state index contributed by atoms with van der Waals surface area (Å²) in [5.74, 6) is -1.05. The molecule has 0 aliphatic carbocycles. The first-order valence-electron chi connectivity index (χ1n) is 5.99. The van der Waals surface area contributed by atoms with Crippen LogP contribution in [-0.4, -0.2) is 26.0 Å². The normalized spacial score (nSPS) is 11.0. The lowest BCUT2D eigenvalue weighted by molar-refractivity contribution is -0.384. The summed E-state index contributed by atoms with van der Waals surface area (Å²) < 4.78 is 0. The van der Waals surface area contributed by atoms with Crippen LogP contribution in [0.15, 0.2) is 29.2 Å². The lowest BCUT2D eigenvalue weighted by Crippen LogP contribution is -2.09. The molecule has 0 spiro atoms. The van der Waals surface area contributed by atoms with Gasteiger partial charge in [0.1, 0.15) is 5.52 Å². The zero-order valence-corrected chi connectivity index (χ0v) is 10.5. The Bertz CT molecular complexity index is 953. The van der Waals surface area contributed by atoms with Gasteiger partial charge in [0, 0.05) is 34.6 Å². The molecule has 0 aliphatic heterocycles. The fourth-order valence-electron chi connectivity index (χ4n) is 2.40. The van der Waals surface area contributed by atoms with Crippen molar-refractivity contribution in [1.82, 2.24) is 9.97 Å². The van der Waals surface area contributed by atoms with Crippen LogP contribution in [0.4, 0.5) is 5.69 Å². The Morgan fingerprint density at radius 2 is 2.14 bits per heavy atom. The molecule has 0 atom stereocenters. The van der Waals surface area contributed by atoms with Crippen molar-refractivity contribution in [3.8, 4) is 0 Å². The number of rotatable bonds is 3. The second kappa shape index (κ2) is 4.44. The third-order valence-electron chi connectivity index (χ3n) is 3.26. The van der Waals surface area contributed by atoms with Crippen molar-refractivity contribution in [3.05, 3.63) is 50.4 Å². The maximum Gasteiger partial charge on any atom is 0.307 e. The molecule has 3 N–H and O–H groups in total. The molecule has 2 aromatic heterocycles. The largest absolute Gasteiger partial charge is 0.481 e. The Morgan fingerprint density at radius 3 is 2.81 bits per heavy atom. The molecule has 3 aromatic rings. The molecule has 0 amide bonds. The SMILES string of the molecule is O=C(O)Cc1c[nH]c(=O)c2[nH]c3ccc([N+](=O)[O-])cc3c12. The lowest BCUT2D eigenvalue weighted by atomic mass is 10.1. The van der Waals surface area contributed by atoms with E-state index in [2.05, 4.69) is 9.97 Å². The van der Waals surface area contributed by atoms with Gasteiger partial charge in [0.05, 0.1) is 11.3 Å². The number of aliphatic carboxylic acids is 1. The number of carboxylic acids is 1. The van der Waals surface area contributed by atoms with Crippen molar-refractivity contribution in [3.63, 3.8) is 0 Å². The van der Waals surface area contributed by atoms with E-state index < -0.39 is 16.5 Å². The summed E-state index contributed by atoms with van der Waals surface area (Å²) in [6, 6.07) is 4.15. The fourth-order valence-corrected chi connectivity index (χ4v) is 2.40. The van der Waals surface area contributed by atoms with Gasteiger partial charge in [-0.15, -0.1) is 0 Å². The molecule has 0 unspecified atom stereocenters. The Balaban J connectivity index is 2.44. The van der Waals surface area contributed by atoms with Gasteiger partial charge in [-0.2, -0.15) is 0 Å². The van der Waals surface area contributed by atoms with E-state index in [1.54, 1.807) is 0 Å². The number of hydrogen-bond donors (Lipinski definition) is 3. The van der Waals surface area contributed by atoms with Gasteiger partial charge >= 0.3 is 5.97 Å². The molecule has 106 valence electrons. The Labute approximate surface area is 116 Å². The predicted molar refractivity (Wildman–Crippen MR) is 74.4 cm³/mol. The number of aromatic nitrogens is 2. The highest BCUT2D eigenvalue weighted by molar-refractivity contribution is 6.09. The number of aromatic amines is 2. The number of H-pyrrole nitrogens is 2. The van der Waals surface area contributed by atoms with Crippen LogP contribution in [0.5, 0.6) is 0 Å². The molecule has 0 radical (unpaired) electrons. The number of benzene rings is 1. The van der Waals surface area contributed by atoms with Crippen LogP contribution in [0, 0.1) is 10.1 Å². The molecule has 0 aliphatic rings. The summed E-state index contributed by atoms with van der Waals surface area (Å²) in [4.78, 5) is 38.4. The summed E-state index contributed by atoms with van der Waals surface area (Å²) in [6.45, 7) is 0. The number of pyridine rings is 1. The first-order chi connectivity index (χ1) is 9.97. The van der Waals surface area contributed by atoms with Gasteiger partial charge < -0.3 is 15.1 Å². The predicted octanol–water partition coefficient (Wildman–Crippen LogP) is 1.54. The van der Waals surface area contributed by atoms with Gasteiger partial charge in [-0.1, -0.05) is 0 Å². The van der Waals surface area contributed by atoms with Crippen molar-refractivity contribution in [1.29, 1.82) is 0 Å². The molecule has 0 bridgehead atoms. The van der Waals surface area contributed by atoms with Crippen molar-refractivity contribution in [2.45, 2.75) is 6.42 Å². The van der Waals surface area contributed by atoms with Crippen LogP contribution >= 0.6 is 0 Å². The molecular formula is C13H9N3O5. The number of fused-ring (bicyclic) bond motifs is 3. The molecule has 0 saturated heterocycles. The highest BCUT2D eigenvalue weighted by Crippen LogP contribution is 2.29. The van der Waals surface area contributed by atoms with E-state index in [0.717, 1.165) is 0 Å². The number of nitrogens with zero attached hydrogens (tertiary/aromatic N) is 1. The number of nitro groups is 1. The van der Waals surface area contributed by atoms with E-state index in [1.807, 2.05) is 0 Å². The van der Waals surface area contributed by atoms with Crippen LogP contribution in [0.2, 0.25) is 0 Å². The average molecular weight is 287 g/mol. The number of carboxylic acid groups (broad SMARTS) is 1. The molecule has 2 heterocycles. The van der Waals surface area contributed by atoms with E-state index in [4.69, 9.17) is 5.11 Å². The molecule has 8 heteroatoms. The van der Waals surface area contributed by atoms with Crippen LogP contribution in [0.1, 0.15) is 5.56 Å². The minimum absolute atomic E-state index is 0.120. The monoisotopic (exact) mass is 287 g/mol. The van der Waals surface area contributed by atoms with Gasteiger partial charge in [0.2, 0.25) is 0 Å². The molecule has 21 heavy (non-hydrogen) atoms. The smallest absolute Gasteiger partial charge is 0.307 e. The molecule has 0 saturated carbocycles. The zero-order valence-electron chi connectivity index (χ0n) is 10.5. The third kappa shape index (κ3) is 2.02. The highest BCUT2D eigenvalue weighted by atomic mass is 16.6. The van der Waals surface area contributed by atoms with E-state index in [-0.39, 0.29) is 17.6 Å². The Morgan fingerprint density at radius 1 is 1.38 bits per heavy atom. The maximum absolute atomic E-state index is 11.8.